The van der Waals surface area contributed by atoms with Crippen molar-refractivity contribution in [3.05, 3.63) is 50.3 Å². The minimum absolute atomic E-state index is 0.00128. The van der Waals surface area contributed by atoms with Crippen LogP contribution in [0, 0.1) is 20.8 Å². The first kappa shape index (κ1) is 25.2. The summed E-state index contributed by atoms with van der Waals surface area (Å²) in [5, 5.41) is 6.91. The van der Waals surface area contributed by atoms with Crippen LogP contribution in [-0.2, 0) is 19.9 Å². The molecule has 0 bridgehead atoms. The fraction of sp³-hybridized carbons (Fsp3) is 0.300. The third kappa shape index (κ3) is 4.93. The van der Waals surface area contributed by atoms with E-state index in [9.17, 15) is 21.6 Å². The number of halogens is 1. The number of sulfone groups is 1. The van der Waals surface area contributed by atoms with Crippen LogP contribution in [0.3, 0.4) is 0 Å². The fourth-order valence-corrected chi connectivity index (χ4v) is 6.86. The number of benzene rings is 1. The van der Waals surface area contributed by atoms with E-state index in [-0.39, 0.29) is 31.3 Å². The summed E-state index contributed by atoms with van der Waals surface area (Å²) < 4.78 is 58.7. The molecule has 33 heavy (non-hydrogen) atoms. The van der Waals surface area contributed by atoms with Crippen molar-refractivity contribution in [3.63, 3.8) is 0 Å². The van der Waals surface area contributed by atoms with Crippen molar-refractivity contribution in [2.75, 3.05) is 10.0 Å². The highest BCUT2D eigenvalue weighted by Gasteiger charge is 2.29. The molecule has 3 aromatic rings. The summed E-state index contributed by atoms with van der Waals surface area (Å²) in [5.74, 6) is -1.04. The number of aryl methyl sites for hydroxylation is 3. The predicted molar refractivity (Wildman–Crippen MR) is 128 cm³/mol. The Kier molecular flexibility index (Phi) is 6.94. The number of sulfonamides is 1. The maximum absolute atomic E-state index is 13.1. The number of hydrogen-bond donors (Lipinski definition) is 2. The van der Waals surface area contributed by atoms with Gasteiger partial charge in [-0.15, -0.1) is 11.3 Å². The number of nitrogens with one attached hydrogen (secondary N) is 2. The van der Waals surface area contributed by atoms with E-state index in [1.807, 2.05) is 0 Å². The Morgan fingerprint density at radius 3 is 2.36 bits per heavy atom. The van der Waals surface area contributed by atoms with Crippen molar-refractivity contribution in [1.82, 2.24) is 5.16 Å². The van der Waals surface area contributed by atoms with Crippen LogP contribution in [0.5, 0.6) is 0 Å². The molecule has 0 radical (unpaired) electrons. The highest BCUT2D eigenvalue weighted by Crippen LogP contribution is 2.33. The van der Waals surface area contributed by atoms with Crippen molar-refractivity contribution >= 4 is 60.3 Å². The van der Waals surface area contributed by atoms with E-state index >= 15 is 0 Å². The molecule has 2 aromatic heterocycles. The van der Waals surface area contributed by atoms with Gasteiger partial charge in [-0.2, -0.15) is 0 Å². The van der Waals surface area contributed by atoms with E-state index in [0.717, 1.165) is 11.3 Å². The lowest BCUT2D eigenvalue weighted by atomic mass is 10.1. The van der Waals surface area contributed by atoms with Crippen molar-refractivity contribution in [1.29, 1.82) is 0 Å². The first-order valence-corrected chi connectivity index (χ1v) is 13.9. The Labute approximate surface area is 201 Å². The third-order valence-corrected chi connectivity index (χ3v) is 9.79. The molecule has 13 heteroatoms. The second kappa shape index (κ2) is 9.09. The molecule has 0 spiro atoms. The molecule has 0 aliphatic rings. The Morgan fingerprint density at radius 1 is 1.12 bits per heavy atom. The predicted octanol–water partition coefficient (Wildman–Crippen LogP) is 4.55. The first-order valence-electron chi connectivity index (χ1n) is 9.64. The number of hydrogen-bond acceptors (Lipinski definition) is 8. The van der Waals surface area contributed by atoms with Crippen LogP contribution in [-0.4, -0.2) is 33.1 Å². The van der Waals surface area contributed by atoms with Crippen molar-refractivity contribution in [2.24, 2.45) is 0 Å². The summed E-state index contributed by atoms with van der Waals surface area (Å²) in [6, 6.07) is 4.48. The van der Waals surface area contributed by atoms with Crippen LogP contribution in [0.1, 0.15) is 40.3 Å². The number of anilines is 2. The molecule has 1 amide bonds. The van der Waals surface area contributed by atoms with E-state index in [0.29, 0.717) is 16.8 Å². The van der Waals surface area contributed by atoms with Crippen LogP contribution >= 0.6 is 22.9 Å². The summed E-state index contributed by atoms with van der Waals surface area (Å²) in [7, 11) is -7.98. The van der Waals surface area contributed by atoms with Gasteiger partial charge in [-0.05, 0) is 63.3 Å². The molecule has 0 aliphatic heterocycles. The molecular formula is C20H22ClN3O6S3. The van der Waals surface area contributed by atoms with E-state index < -0.39 is 31.0 Å². The molecule has 2 heterocycles. The van der Waals surface area contributed by atoms with Gasteiger partial charge in [-0.25, -0.2) is 21.6 Å². The average molecular weight is 532 g/mol. The molecule has 178 valence electrons. The van der Waals surface area contributed by atoms with Crippen molar-refractivity contribution < 1.29 is 26.2 Å². The Morgan fingerprint density at radius 2 is 1.79 bits per heavy atom. The largest absolute Gasteiger partial charge is 0.336 e. The second-order valence-electron chi connectivity index (χ2n) is 7.63. The minimum Gasteiger partial charge on any atom is -0.336 e. The zero-order chi connectivity index (χ0) is 24.7. The number of rotatable bonds is 7. The monoisotopic (exact) mass is 531 g/mol. The molecule has 0 saturated carbocycles. The Hall–Kier alpha value is -2.41. The standard InChI is InChI=1S/C20H22ClN3O6S3/c1-10(2)32(26,27)15-9-11(3)8-12(4)17(15)22-19(25)18-14(6-7-31-18)33(28,29)24-20-16(21)13(5)23-30-20/h6-10,24H,1-5H3,(H,22,25). The van der Waals surface area contributed by atoms with Gasteiger partial charge >= 0.3 is 0 Å². The molecule has 3 rings (SSSR count). The highest BCUT2D eigenvalue weighted by molar-refractivity contribution is 7.93. The molecule has 9 nitrogen and oxygen atoms in total. The zero-order valence-corrected chi connectivity index (χ0v) is 21.6. The molecule has 0 unspecified atom stereocenters. The average Bonchev–Trinajstić information content (AvgIpc) is 3.33. The summed E-state index contributed by atoms with van der Waals surface area (Å²) in [5.41, 5.74) is 1.66. The fourth-order valence-electron chi connectivity index (χ4n) is 3.01. The zero-order valence-electron chi connectivity index (χ0n) is 18.4. The minimum atomic E-state index is -4.25. The normalized spacial score (nSPS) is 12.2. The van der Waals surface area contributed by atoms with E-state index in [1.165, 1.54) is 17.5 Å². The number of carbonyl (C=O) groups is 1. The Balaban J connectivity index is 2.01. The quantitative estimate of drug-likeness (QED) is 0.456. The number of aromatic nitrogens is 1. The van der Waals surface area contributed by atoms with Gasteiger partial charge in [0, 0.05) is 0 Å². The molecule has 0 atom stereocenters. The van der Waals surface area contributed by atoms with Crippen LogP contribution in [0.2, 0.25) is 5.02 Å². The van der Waals surface area contributed by atoms with Gasteiger partial charge in [-0.1, -0.05) is 22.8 Å². The lowest BCUT2D eigenvalue weighted by Crippen LogP contribution is -2.21. The summed E-state index contributed by atoms with van der Waals surface area (Å²) in [6.07, 6.45) is 0. The number of nitrogens with zero attached hydrogens (tertiary/aromatic N) is 1. The van der Waals surface area contributed by atoms with Crippen LogP contribution in [0.4, 0.5) is 11.6 Å². The molecule has 0 saturated heterocycles. The lowest BCUT2D eigenvalue weighted by Gasteiger charge is -2.17. The van der Waals surface area contributed by atoms with E-state index in [2.05, 4.69) is 15.2 Å². The number of carbonyl (C=O) groups excluding carboxylic acids is 1. The molecule has 0 aliphatic carbocycles. The summed E-state index contributed by atoms with van der Waals surface area (Å²) in [4.78, 5) is 12.6. The van der Waals surface area contributed by atoms with Crippen LogP contribution in [0.15, 0.2) is 37.9 Å². The SMILES string of the molecule is Cc1cc(C)c(NC(=O)c2sccc2S(=O)(=O)Nc2onc(C)c2Cl)c(S(=O)(=O)C(C)C)c1. The van der Waals surface area contributed by atoms with Crippen molar-refractivity contribution in [2.45, 2.75) is 49.7 Å². The lowest BCUT2D eigenvalue weighted by molar-refractivity contribution is 0.102. The highest BCUT2D eigenvalue weighted by atomic mass is 35.5. The number of amides is 1. The topological polar surface area (TPSA) is 135 Å². The van der Waals surface area contributed by atoms with E-state index in [1.54, 1.807) is 40.7 Å². The van der Waals surface area contributed by atoms with Gasteiger partial charge in [0.2, 0.25) is 0 Å². The Bertz CT molecular complexity index is 1440. The van der Waals surface area contributed by atoms with Crippen LogP contribution < -0.4 is 10.0 Å². The van der Waals surface area contributed by atoms with E-state index in [4.69, 9.17) is 16.1 Å². The molecule has 0 fully saturated rings. The van der Waals surface area contributed by atoms with Gasteiger partial charge in [-0.3, -0.25) is 4.79 Å². The maximum atomic E-state index is 13.1. The molecule has 1 aromatic carbocycles. The third-order valence-electron chi connectivity index (χ3n) is 4.75. The maximum Gasteiger partial charge on any atom is 0.267 e. The van der Waals surface area contributed by atoms with Crippen molar-refractivity contribution in [3.8, 4) is 0 Å². The van der Waals surface area contributed by atoms with Gasteiger partial charge in [0.05, 0.1) is 15.8 Å². The van der Waals surface area contributed by atoms with Gasteiger partial charge in [0.25, 0.3) is 21.8 Å². The summed E-state index contributed by atoms with van der Waals surface area (Å²) in [6.45, 7) is 8.06. The first-order chi connectivity index (χ1) is 15.3. The van der Waals surface area contributed by atoms with Gasteiger partial charge < -0.3 is 9.84 Å². The number of thiophene rings is 1. The van der Waals surface area contributed by atoms with Crippen LogP contribution in [0.25, 0.3) is 0 Å². The summed E-state index contributed by atoms with van der Waals surface area (Å²) >= 11 is 6.88. The van der Waals surface area contributed by atoms with Gasteiger partial charge in [0.15, 0.2) is 9.84 Å². The second-order valence-corrected chi connectivity index (χ2v) is 13.1. The van der Waals surface area contributed by atoms with Gasteiger partial charge in [0.1, 0.15) is 20.5 Å². The smallest absolute Gasteiger partial charge is 0.267 e. The molecular weight excluding hydrogens is 510 g/mol. The molecule has 2 N–H and O–H groups in total.